The second kappa shape index (κ2) is 5.39. The molecule has 8 heteroatoms. The summed E-state index contributed by atoms with van der Waals surface area (Å²) in [5.74, 6) is 0.0312. The van der Waals surface area contributed by atoms with Crippen LogP contribution in [0, 0.1) is 17.0 Å². The zero-order valence-electron chi connectivity index (χ0n) is 10.7. The SMILES string of the molecule is Cc1onc(C=Cc2cccc(C(F)(F)F)c2)c1[N+](=O)[O-]. The summed E-state index contributed by atoms with van der Waals surface area (Å²) in [5.41, 5.74) is -0.900. The first-order valence-electron chi connectivity index (χ1n) is 5.75. The molecule has 0 saturated heterocycles. The molecule has 0 saturated carbocycles. The monoisotopic (exact) mass is 298 g/mol. The molecule has 0 aliphatic carbocycles. The molecule has 110 valence electrons. The Morgan fingerprint density at radius 2 is 2.05 bits per heavy atom. The molecule has 0 bridgehead atoms. The summed E-state index contributed by atoms with van der Waals surface area (Å²) in [6, 6.07) is 4.59. The Morgan fingerprint density at radius 1 is 1.33 bits per heavy atom. The molecule has 0 atom stereocenters. The van der Waals surface area contributed by atoms with E-state index in [4.69, 9.17) is 4.52 Å². The fourth-order valence-electron chi connectivity index (χ4n) is 1.71. The van der Waals surface area contributed by atoms with Gasteiger partial charge in [-0.3, -0.25) is 10.1 Å². The molecule has 0 fully saturated rings. The van der Waals surface area contributed by atoms with Crippen LogP contribution in [0.1, 0.15) is 22.6 Å². The number of nitrogens with zero attached hydrogens (tertiary/aromatic N) is 2. The van der Waals surface area contributed by atoms with E-state index in [2.05, 4.69) is 5.16 Å². The molecule has 0 amide bonds. The van der Waals surface area contributed by atoms with Crippen molar-refractivity contribution in [2.24, 2.45) is 0 Å². The highest BCUT2D eigenvalue weighted by Gasteiger charge is 2.30. The van der Waals surface area contributed by atoms with Crippen molar-refractivity contribution in [2.45, 2.75) is 13.1 Å². The number of hydrogen-bond acceptors (Lipinski definition) is 4. The lowest BCUT2D eigenvalue weighted by molar-refractivity contribution is -0.386. The van der Waals surface area contributed by atoms with Crippen LogP contribution in [0.25, 0.3) is 12.2 Å². The highest BCUT2D eigenvalue weighted by molar-refractivity contribution is 5.72. The molecular weight excluding hydrogens is 289 g/mol. The average Bonchev–Trinajstić information content (AvgIpc) is 2.77. The van der Waals surface area contributed by atoms with E-state index in [0.29, 0.717) is 0 Å². The minimum Gasteiger partial charge on any atom is -0.354 e. The van der Waals surface area contributed by atoms with E-state index in [1.165, 1.54) is 31.2 Å². The summed E-state index contributed by atoms with van der Waals surface area (Å²) >= 11 is 0. The first-order chi connectivity index (χ1) is 9.79. The zero-order valence-corrected chi connectivity index (χ0v) is 10.7. The van der Waals surface area contributed by atoms with Gasteiger partial charge in [-0.2, -0.15) is 13.2 Å². The van der Waals surface area contributed by atoms with Gasteiger partial charge in [0.25, 0.3) is 0 Å². The molecule has 0 aliphatic rings. The third-order valence-corrected chi connectivity index (χ3v) is 2.69. The van der Waals surface area contributed by atoms with E-state index in [0.717, 1.165) is 12.1 Å². The van der Waals surface area contributed by atoms with Crippen molar-refractivity contribution in [1.82, 2.24) is 5.16 Å². The van der Waals surface area contributed by atoms with Gasteiger partial charge in [0.05, 0.1) is 10.5 Å². The van der Waals surface area contributed by atoms with Crippen molar-refractivity contribution in [3.8, 4) is 0 Å². The van der Waals surface area contributed by atoms with E-state index < -0.39 is 16.7 Å². The molecule has 0 unspecified atom stereocenters. The number of aryl methyl sites for hydroxylation is 1. The second-order valence-electron chi connectivity index (χ2n) is 4.19. The summed E-state index contributed by atoms with van der Waals surface area (Å²) < 4.78 is 42.4. The molecule has 1 aromatic carbocycles. The number of rotatable bonds is 3. The Labute approximate surface area is 116 Å². The maximum absolute atomic E-state index is 12.6. The predicted octanol–water partition coefficient (Wildman–Crippen LogP) is 4.08. The maximum atomic E-state index is 12.6. The van der Waals surface area contributed by atoms with Crippen molar-refractivity contribution in [3.63, 3.8) is 0 Å². The molecule has 0 spiro atoms. The van der Waals surface area contributed by atoms with E-state index >= 15 is 0 Å². The quantitative estimate of drug-likeness (QED) is 0.632. The third kappa shape index (κ3) is 3.28. The summed E-state index contributed by atoms with van der Waals surface area (Å²) in [7, 11) is 0. The smallest absolute Gasteiger partial charge is 0.354 e. The summed E-state index contributed by atoms with van der Waals surface area (Å²) in [4.78, 5) is 10.2. The fraction of sp³-hybridized carbons (Fsp3) is 0.154. The van der Waals surface area contributed by atoms with Gasteiger partial charge in [0.2, 0.25) is 5.76 Å². The van der Waals surface area contributed by atoms with Crippen LogP contribution in [-0.4, -0.2) is 10.1 Å². The normalized spacial score (nSPS) is 12.0. The summed E-state index contributed by atoms with van der Waals surface area (Å²) in [6.45, 7) is 1.38. The van der Waals surface area contributed by atoms with Gasteiger partial charge in [-0.1, -0.05) is 23.4 Å². The number of alkyl halides is 3. The lowest BCUT2D eigenvalue weighted by Crippen LogP contribution is -2.04. The van der Waals surface area contributed by atoms with Gasteiger partial charge in [0, 0.05) is 6.92 Å². The van der Waals surface area contributed by atoms with Crippen LogP contribution in [0.2, 0.25) is 0 Å². The summed E-state index contributed by atoms with van der Waals surface area (Å²) in [5, 5.41) is 14.3. The molecule has 0 aliphatic heterocycles. The number of nitro groups is 1. The second-order valence-corrected chi connectivity index (χ2v) is 4.19. The third-order valence-electron chi connectivity index (χ3n) is 2.69. The van der Waals surface area contributed by atoms with E-state index in [1.807, 2.05) is 0 Å². The number of hydrogen-bond donors (Lipinski definition) is 0. The average molecular weight is 298 g/mol. The van der Waals surface area contributed by atoms with Crippen LogP contribution in [0.3, 0.4) is 0 Å². The predicted molar refractivity (Wildman–Crippen MR) is 68.3 cm³/mol. The van der Waals surface area contributed by atoms with Crippen molar-refractivity contribution < 1.29 is 22.6 Å². The Hall–Kier alpha value is -2.64. The Bertz CT molecular complexity index is 705. The van der Waals surface area contributed by atoms with E-state index in [1.54, 1.807) is 0 Å². The van der Waals surface area contributed by atoms with Crippen LogP contribution >= 0.6 is 0 Å². The lowest BCUT2D eigenvalue weighted by atomic mass is 10.1. The van der Waals surface area contributed by atoms with Gasteiger partial charge in [-0.05, 0) is 23.8 Å². The highest BCUT2D eigenvalue weighted by Crippen LogP contribution is 2.30. The van der Waals surface area contributed by atoms with Gasteiger partial charge in [0.15, 0.2) is 5.69 Å². The van der Waals surface area contributed by atoms with Gasteiger partial charge >= 0.3 is 11.9 Å². The highest BCUT2D eigenvalue weighted by atomic mass is 19.4. The van der Waals surface area contributed by atoms with Gasteiger partial charge < -0.3 is 4.52 Å². The molecule has 1 heterocycles. The van der Waals surface area contributed by atoms with Crippen molar-refractivity contribution >= 4 is 17.8 Å². The Morgan fingerprint density at radius 3 is 2.67 bits per heavy atom. The molecular formula is C13H9F3N2O3. The van der Waals surface area contributed by atoms with Crippen LogP contribution in [0.4, 0.5) is 18.9 Å². The Kier molecular flexibility index (Phi) is 3.79. The van der Waals surface area contributed by atoms with Gasteiger partial charge in [-0.15, -0.1) is 0 Å². The summed E-state index contributed by atoms with van der Waals surface area (Å²) in [6.07, 6.45) is -1.90. The van der Waals surface area contributed by atoms with Crippen LogP contribution in [-0.2, 0) is 6.18 Å². The standard InChI is InChI=1S/C13H9F3N2O3/c1-8-12(18(19)20)11(17-21-8)6-5-9-3-2-4-10(7-9)13(14,15)16/h2-7H,1H3. The van der Waals surface area contributed by atoms with Crippen molar-refractivity contribution in [1.29, 1.82) is 0 Å². The van der Waals surface area contributed by atoms with Gasteiger partial charge in [-0.25, -0.2) is 0 Å². The molecule has 2 rings (SSSR count). The van der Waals surface area contributed by atoms with Crippen LogP contribution in [0.5, 0.6) is 0 Å². The molecule has 2 aromatic rings. The molecule has 1 aromatic heterocycles. The lowest BCUT2D eigenvalue weighted by Gasteiger charge is -2.06. The molecule has 21 heavy (non-hydrogen) atoms. The van der Waals surface area contributed by atoms with E-state index in [-0.39, 0.29) is 22.7 Å². The Balaban J connectivity index is 2.33. The minimum absolute atomic E-state index is 0.0312. The minimum atomic E-state index is -4.44. The van der Waals surface area contributed by atoms with Crippen molar-refractivity contribution in [2.75, 3.05) is 0 Å². The molecule has 5 nitrogen and oxygen atoms in total. The fourth-order valence-corrected chi connectivity index (χ4v) is 1.71. The molecule has 0 N–H and O–H groups in total. The van der Waals surface area contributed by atoms with Crippen LogP contribution < -0.4 is 0 Å². The van der Waals surface area contributed by atoms with Crippen LogP contribution in [0.15, 0.2) is 28.8 Å². The zero-order chi connectivity index (χ0) is 15.6. The number of benzene rings is 1. The maximum Gasteiger partial charge on any atom is 0.416 e. The largest absolute Gasteiger partial charge is 0.416 e. The number of halogens is 3. The number of aromatic nitrogens is 1. The van der Waals surface area contributed by atoms with Gasteiger partial charge in [0.1, 0.15) is 0 Å². The van der Waals surface area contributed by atoms with Crippen molar-refractivity contribution in [3.05, 3.63) is 57.0 Å². The first-order valence-corrected chi connectivity index (χ1v) is 5.75. The topological polar surface area (TPSA) is 69.2 Å². The van der Waals surface area contributed by atoms with E-state index in [9.17, 15) is 23.3 Å². The molecule has 0 radical (unpaired) electrons. The first kappa shape index (κ1) is 14.8.